The molecule has 1 unspecified atom stereocenters. The first-order valence-electron chi connectivity index (χ1n) is 16.5. The van der Waals surface area contributed by atoms with Gasteiger partial charge in [-0.1, -0.05) is 12.1 Å². The Labute approximate surface area is 294 Å². The van der Waals surface area contributed by atoms with Gasteiger partial charge in [-0.2, -0.15) is 5.10 Å². The molecule has 3 aromatic carbocycles. The second-order valence-corrected chi connectivity index (χ2v) is 13.0. The van der Waals surface area contributed by atoms with E-state index in [1.807, 2.05) is 0 Å². The number of rotatable bonds is 10. The summed E-state index contributed by atoms with van der Waals surface area (Å²) in [4.78, 5) is 47.1. The number of carbonyl (C=O) groups is 3. The number of imide groups is 1. The van der Waals surface area contributed by atoms with Gasteiger partial charge in [-0.25, -0.2) is 27.5 Å². The smallest absolute Gasteiger partial charge is 0.329 e. The van der Waals surface area contributed by atoms with Crippen LogP contribution in [0.5, 0.6) is 17.2 Å². The van der Waals surface area contributed by atoms with Crippen molar-refractivity contribution in [3.05, 3.63) is 89.5 Å². The summed E-state index contributed by atoms with van der Waals surface area (Å²) in [6.45, 7) is 2.77. The highest BCUT2D eigenvalue weighted by Gasteiger charge is 2.56. The molecule has 268 valence electrons. The maximum Gasteiger partial charge on any atom is 0.329 e. The largest absolute Gasteiger partial charge is 0.485 e. The minimum atomic E-state index is -2.83. The third kappa shape index (κ3) is 5.69. The summed E-state index contributed by atoms with van der Waals surface area (Å²) in [7, 11) is 0. The van der Waals surface area contributed by atoms with Crippen molar-refractivity contribution in [3.8, 4) is 22.9 Å². The number of aromatic amines is 1. The molecule has 5 aromatic rings. The number of aryl methyl sites for hydroxylation is 1. The number of H-pyrrole nitrogens is 1. The number of urea groups is 1. The van der Waals surface area contributed by atoms with Crippen LogP contribution < -0.4 is 25.4 Å². The molecule has 0 radical (unpaired) electrons. The third-order valence-electron chi connectivity index (χ3n) is 9.66. The van der Waals surface area contributed by atoms with Gasteiger partial charge in [0.25, 0.3) is 12.3 Å². The Bertz CT molecular complexity index is 2250. The highest BCUT2D eigenvalue weighted by atomic mass is 19.3. The van der Waals surface area contributed by atoms with Crippen LogP contribution >= 0.6 is 0 Å². The summed E-state index contributed by atoms with van der Waals surface area (Å²) < 4.78 is 58.5. The number of hydrogen-bond donors (Lipinski definition) is 3. The summed E-state index contributed by atoms with van der Waals surface area (Å²) in [5.41, 5.74) is 6.97. The highest BCUT2D eigenvalue weighted by molar-refractivity contribution is 6.25. The van der Waals surface area contributed by atoms with Gasteiger partial charge in [0.05, 0.1) is 48.1 Å². The number of nitrogens with two attached hydrogens (primary N) is 1. The SMILES string of the molecule is Cc1cc(Oc2ccccc2F)ccc1-n1ncc(C(=O)c2cc3cc(OCC(F)F)c(N4C(=O)NC5(CCN(C6COC6)C5)C4=O)cc3[nH]2)c1N. The minimum absolute atomic E-state index is 0.0379. The van der Waals surface area contributed by atoms with Crippen molar-refractivity contribution in [3.63, 3.8) is 0 Å². The average Bonchev–Trinajstić information content (AvgIpc) is 3.85. The molecule has 4 N–H and O–H groups in total. The molecule has 3 amide bonds. The molecule has 0 bridgehead atoms. The Balaban J connectivity index is 1.08. The first kappa shape index (κ1) is 33.3. The first-order valence-corrected chi connectivity index (χ1v) is 16.5. The van der Waals surface area contributed by atoms with Gasteiger partial charge in [0.2, 0.25) is 5.78 Å². The van der Waals surface area contributed by atoms with Crippen LogP contribution in [-0.2, 0) is 9.53 Å². The van der Waals surface area contributed by atoms with E-state index in [9.17, 15) is 27.6 Å². The number of ketones is 1. The van der Waals surface area contributed by atoms with E-state index in [0.29, 0.717) is 60.6 Å². The van der Waals surface area contributed by atoms with E-state index in [-0.39, 0.29) is 40.3 Å². The van der Waals surface area contributed by atoms with E-state index in [1.165, 1.54) is 41.2 Å². The number of alkyl halides is 2. The fourth-order valence-electron chi connectivity index (χ4n) is 6.87. The second-order valence-electron chi connectivity index (χ2n) is 13.0. The standard InChI is InChI=1S/C36H32F3N7O6/c1-19-10-22(52-29-5-3-2-4-24(29)37)6-7-27(19)46-33(40)23(14-41-46)32(47)26-11-20-12-30(51-17-31(38)39)28(13-25(20)42-26)45-34(48)36(43-35(45)49)8-9-44(18-36)21-15-50-16-21/h2-7,10-14,21,31,42H,8-9,15-18,40H2,1H3,(H,43,49). The lowest BCUT2D eigenvalue weighted by atomic mass is 9.98. The number of nitrogen functional groups attached to an aromatic ring is 1. The molecule has 2 aromatic heterocycles. The number of halogens is 3. The summed E-state index contributed by atoms with van der Waals surface area (Å²) in [6.07, 6.45) is -1.13. The van der Waals surface area contributed by atoms with Gasteiger partial charge < -0.3 is 30.2 Å². The van der Waals surface area contributed by atoms with E-state index in [4.69, 9.17) is 19.9 Å². The monoisotopic (exact) mass is 715 g/mol. The van der Waals surface area contributed by atoms with Gasteiger partial charge in [-0.15, -0.1) is 0 Å². The Morgan fingerprint density at radius 3 is 2.63 bits per heavy atom. The summed E-state index contributed by atoms with van der Waals surface area (Å²) in [5, 5.41) is 7.57. The number of aromatic nitrogens is 3. The number of ether oxygens (including phenoxy) is 3. The second kappa shape index (κ2) is 12.7. The van der Waals surface area contributed by atoms with Gasteiger partial charge >= 0.3 is 6.03 Å². The van der Waals surface area contributed by atoms with Gasteiger partial charge in [-0.3, -0.25) is 14.5 Å². The summed E-state index contributed by atoms with van der Waals surface area (Å²) >= 11 is 0. The summed E-state index contributed by atoms with van der Waals surface area (Å²) in [6, 6.07) is 14.8. The van der Waals surface area contributed by atoms with Crippen LogP contribution in [0.1, 0.15) is 28.0 Å². The zero-order valence-corrected chi connectivity index (χ0v) is 27.7. The molecule has 8 rings (SSSR count). The first-order chi connectivity index (χ1) is 25.0. The molecule has 5 heterocycles. The molecule has 3 saturated heterocycles. The molecular formula is C36H32F3N7O6. The molecule has 16 heteroatoms. The lowest BCUT2D eigenvalue weighted by Gasteiger charge is -2.35. The van der Waals surface area contributed by atoms with E-state index in [1.54, 1.807) is 37.3 Å². The van der Waals surface area contributed by atoms with E-state index >= 15 is 0 Å². The molecule has 0 saturated carbocycles. The number of amides is 3. The number of carbonyl (C=O) groups excluding carboxylic acids is 3. The Morgan fingerprint density at radius 2 is 1.90 bits per heavy atom. The Hall–Kier alpha value is -5.87. The number of hydrogen-bond acceptors (Lipinski definition) is 9. The number of nitrogens with zero attached hydrogens (tertiary/aromatic N) is 4. The predicted octanol–water partition coefficient (Wildman–Crippen LogP) is 4.95. The number of nitrogens with one attached hydrogen (secondary N) is 2. The molecule has 3 fully saturated rings. The van der Waals surface area contributed by atoms with Gasteiger partial charge in [0, 0.05) is 24.0 Å². The molecule has 3 aliphatic heterocycles. The fraction of sp³-hybridized carbons (Fsp3) is 0.278. The maximum absolute atomic E-state index is 14.1. The van der Waals surface area contributed by atoms with Crippen LogP contribution in [0, 0.1) is 12.7 Å². The summed E-state index contributed by atoms with van der Waals surface area (Å²) in [5.74, 6) is -1.18. The van der Waals surface area contributed by atoms with Gasteiger partial charge in [-0.05, 0) is 67.4 Å². The van der Waals surface area contributed by atoms with Crippen molar-refractivity contribution < 1.29 is 41.8 Å². The maximum atomic E-state index is 14.1. The molecule has 3 aliphatic rings. The van der Waals surface area contributed by atoms with Crippen molar-refractivity contribution in [2.75, 3.05) is 43.5 Å². The highest BCUT2D eigenvalue weighted by Crippen LogP contribution is 2.40. The average molecular weight is 716 g/mol. The normalized spacial score (nSPS) is 19.2. The number of anilines is 2. The third-order valence-corrected chi connectivity index (χ3v) is 9.66. The number of fused-ring (bicyclic) bond motifs is 1. The van der Waals surface area contributed by atoms with Crippen molar-refractivity contribution in [1.82, 2.24) is 25.0 Å². The molecule has 13 nitrogen and oxygen atoms in total. The lowest BCUT2D eigenvalue weighted by molar-refractivity contribution is -0.122. The van der Waals surface area contributed by atoms with Crippen molar-refractivity contribution in [1.29, 1.82) is 0 Å². The lowest BCUT2D eigenvalue weighted by Crippen LogP contribution is -2.53. The van der Waals surface area contributed by atoms with Crippen LogP contribution in [-0.4, -0.2) is 88.3 Å². The van der Waals surface area contributed by atoms with Crippen LogP contribution in [0.4, 0.5) is 29.5 Å². The van der Waals surface area contributed by atoms with Crippen LogP contribution in [0.2, 0.25) is 0 Å². The van der Waals surface area contributed by atoms with E-state index in [0.717, 1.165) is 4.90 Å². The Morgan fingerprint density at radius 1 is 1.10 bits per heavy atom. The number of likely N-dealkylation sites (tertiary alicyclic amines) is 1. The van der Waals surface area contributed by atoms with E-state index < -0.39 is 42.1 Å². The van der Waals surface area contributed by atoms with Crippen molar-refractivity contribution >= 4 is 40.1 Å². The molecule has 52 heavy (non-hydrogen) atoms. The molecule has 1 spiro atoms. The van der Waals surface area contributed by atoms with Crippen LogP contribution in [0.25, 0.3) is 16.6 Å². The molecule has 1 atom stereocenters. The topological polar surface area (TPSA) is 157 Å². The van der Waals surface area contributed by atoms with Gasteiger partial charge in [0.15, 0.2) is 11.6 Å². The number of para-hydroxylation sites is 1. The van der Waals surface area contributed by atoms with Crippen LogP contribution in [0.3, 0.4) is 0 Å². The van der Waals surface area contributed by atoms with E-state index in [2.05, 4.69) is 20.3 Å². The van der Waals surface area contributed by atoms with Gasteiger partial charge in [0.1, 0.15) is 29.5 Å². The van der Waals surface area contributed by atoms with Crippen molar-refractivity contribution in [2.45, 2.75) is 31.4 Å². The zero-order chi connectivity index (χ0) is 36.3. The minimum Gasteiger partial charge on any atom is -0.485 e. The van der Waals surface area contributed by atoms with Crippen LogP contribution in [0.15, 0.2) is 66.9 Å². The van der Waals surface area contributed by atoms with Crippen molar-refractivity contribution in [2.24, 2.45) is 0 Å². The molecule has 0 aliphatic carbocycles. The predicted molar refractivity (Wildman–Crippen MR) is 182 cm³/mol. The fourth-order valence-corrected chi connectivity index (χ4v) is 6.87. The number of benzene rings is 3. The quantitative estimate of drug-likeness (QED) is 0.135. The molecular weight excluding hydrogens is 683 g/mol. The Kier molecular flexibility index (Phi) is 8.14. The zero-order valence-electron chi connectivity index (χ0n) is 27.7.